The number of ether oxygens (including phenoxy) is 2. The molecule has 3 rings (SSSR count). The van der Waals surface area contributed by atoms with Crippen LogP contribution in [0.5, 0.6) is 11.5 Å². The van der Waals surface area contributed by atoms with Crippen molar-refractivity contribution in [1.29, 1.82) is 0 Å². The summed E-state index contributed by atoms with van der Waals surface area (Å²) in [6, 6.07) is 7.72. The molecule has 2 aromatic rings. The van der Waals surface area contributed by atoms with Gasteiger partial charge in [-0.1, -0.05) is 0 Å². The Hall–Kier alpha value is -2.23. The highest BCUT2D eigenvalue weighted by Gasteiger charge is 2.15. The zero-order valence-corrected chi connectivity index (χ0v) is 11.0. The van der Waals surface area contributed by atoms with Crippen molar-refractivity contribution < 1.29 is 14.3 Å². The van der Waals surface area contributed by atoms with Crippen molar-refractivity contribution in [3.63, 3.8) is 0 Å². The van der Waals surface area contributed by atoms with Gasteiger partial charge in [-0.25, -0.2) is 0 Å². The van der Waals surface area contributed by atoms with E-state index in [-0.39, 0.29) is 0 Å². The quantitative estimate of drug-likeness (QED) is 0.777. The Balaban J connectivity index is 2.12. The van der Waals surface area contributed by atoms with Crippen LogP contribution in [0.1, 0.15) is 21.7 Å². The van der Waals surface area contributed by atoms with Gasteiger partial charge in [0, 0.05) is 28.7 Å². The van der Waals surface area contributed by atoms with Crippen LogP contribution in [0, 0.1) is 13.8 Å². The molecule has 0 bridgehead atoms. The van der Waals surface area contributed by atoms with Crippen molar-refractivity contribution in [3.05, 3.63) is 41.2 Å². The molecule has 0 unspecified atom stereocenters. The molecule has 0 atom stereocenters. The van der Waals surface area contributed by atoms with E-state index in [1.54, 1.807) is 0 Å². The van der Waals surface area contributed by atoms with Crippen molar-refractivity contribution >= 4 is 6.29 Å². The molecule has 1 aliphatic rings. The summed E-state index contributed by atoms with van der Waals surface area (Å²) >= 11 is 0. The molecule has 0 aliphatic carbocycles. The first kappa shape index (κ1) is 11.8. The Bertz CT molecular complexity index is 643. The van der Waals surface area contributed by atoms with Crippen molar-refractivity contribution in [3.8, 4) is 17.2 Å². The predicted octanol–water partition coefficient (Wildman–Crippen LogP) is 2.68. The Morgan fingerprint density at radius 1 is 1.11 bits per heavy atom. The van der Waals surface area contributed by atoms with E-state index >= 15 is 0 Å². The van der Waals surface area contributed by atoms with Gasteiger partial charge in [-0.05, 0) is 32.0 Å². The molecule has 19 heavy (non-hydrogen) atoms. The number of carbonyl (C=O) groups is 1. The third-order valence-corrected chi connectivity index (χ3v) is 3.38. The van der Waals surface area contributed by atoms with Gasteiger partial charge in [0.2, 0.25) is 0 Å². The minimum atomic E-state index is 0.569. The third kappa shape index (κ3) is 1.89. The summed E-state index contributed by atoms with van der Waals surface area (Å²) in [6.45, 7) is 5.08. The first-order valence-corrected chi connectivity index (χ1v) is 6.25. The minimum Gasteiger partial charge on any atom is -0.486 e. The molecule has 1 aromatic carbocycles. The number of fused-ring (bicyclic) bond motifs is 1. The number of benzene rings is 1. The molecule has 0 N–H and O–H groups in total. The molecule has 0 saturated heterocycles. The highest BCUT2D eigenvalue weighted by molar-refractivity contribution is 5.77. The molecule has 2 heterocycles. The van der Waals surface area contributed by atoms with Crippen LogP contribution in [0.25, 0.3) is 5.69 Å². The van der Waals surface area contributed by atoms with Crippen molar-refractivity contribution in [2.75, 3.05) is 13.2 Å². The van der Waals surface area contributed by atoms with Gasteiger partial charge in [-0.15, -0.1) is 0 Å². The summed E-state index contributed by atoms with van der Waals surface area (Å²) in [6.07, 6.45) is 0.886. The maximum Gasteiger partial charge on any atom is 0.163 e. The standard InChI is InChI=1S/C15H15NO3/c1-10-7-12(9-17)11(2)16(10)13-3-4-14-15(8-13)19-6-5-18-14/h3-4,7-9H,5-6H2,1-2H3. The van der Waals surface area contributed by atoms with Crippen LogP contribution in [0.4, 0.5) is 0 Å². The van der Waals surface area contributed by atoms with Crippen LogP contribution in [0.15, 0.2) is 24.3 Å². The summed E-state index contributed by atoms with van der Waals surface area (Å²) in [5.41, 5.74) is 3.65. The topological polar surface area (TPSA) is 40.5 Å². The van der Waals surface area contributed by atoms with E-state index in [0.717, 1.165) is 34.9 Å². The van der Waals surface area contributed by atoms with E-state index in [2.05, 4.69) is 0 Å². The second-order valence-corrected chi connectivity index (χ2v) is 4.61. The molecule has 0 spiro atoms. The molecule has 4 heteroatoms. The maximum absolute atomic E-state index is 11.0. The lowest BCUT2D eigenvalue weighted by atomic mass is 10.2. The van der Waals surface area contributed by atoms with Crippen molar-refractivity contribution in [2.24, 2.45) is 0 Å². The number of carbonyl (C=O) groups excluding carboxylic acids is 1. The average molecular weight is 257 g/mol. The molecule has 0 fully saturated rings. The Kier molecular flexibility index (Phi) is 2.78. The van der Waals surface area contributed by atoms with Crippen LogP contribution < -0.4 is 9.47 Å². The maximum atomic E-state index is 11.0. The molecular formula is C15H15NO3. The number of hydrogen-bond donors (Lipinski definition) is 0. The zero-order valence-electron chi connectivity index (χ0n) is 11.0. The monoisotopic (exact) mass is 257 g/mol. The second kappa shape index (κ2) is 4.46. The highest BCUT2D eigenvalue weighted by atomic mass is 16.6. The molecule has 98 valence electrons. The van der Waals surface area contributed by atoms with Gasteiger partial charge in [0.1, 0.15) is 13.2 Å². The first-order chi connectivity index (χ1) is 9.20. The molecular weight excluding hydrogens is 242 g/mol. The number of aldehydes is 1. The Morgan fingerprint density at radius 3 is 2.53 bits per heavy atom. The van der Waals surface area contributed by atoms with Crippen LogP contribution in [0.3, 0.4) is 0 Å². The number of aromatic nitrogens is 1. The lowest BCUT2D eigenvalue weighted by Gasteiger charge is -2.20. The second-order valence-electron chi connectivity index (χ2n) is 4.61. The largest absolute Gasteiger partial charge is 0.486 e. The van der Waals surface area contributed by atoms with Gasteiger partial charge in [0.15, 0.2) is 17.8 Å². The summed E-state index contributed by atoms with van der Waals surface area (Å²) in [7, 11) is 0. The smallest absolute Gasteiger partial charge is 0.163 e. The number of hydrogen-bond acceptors (Lipinski definition) is 3. The zero-order chi connectivity index (χ0) is 13.4. The lowest BCUT2D eigenvalue weighted by molar-refractivity contribution is 0.112. The van der Waals surface area contributed by atoms with E-state index < -0.39 is 0 Å². The van der Waals surface area contributed by atoms with Crippen molar-refractivity contribution in [2.45, 2.75) is 13.8 Å². The first-order valence-electron chi connectivity index (χ1n) is 6.25. The summed E-state index contributed by atoms with van der Waals surface area (Å²) in [4.78, 5) is 11.0. The summed E-state index contributed by atoms with van der Waals surface area (Å²) in [5.74, 6) is 1.52. The van der Waals surface area contributed by atoms with Gasteiger partial charge in [0.05, 0.1) is 0 Å². The number of aryl methyl sites for hydroxylation is 1. The van der Waals surface area contributed by atoms with Crippen LogP contribution >= 0.6 is 0 Å². The van der Waals surface area contributed by atoms with E-state index in [1.165, 1.54) is 0 Å². The molecule has 0 saturated carbocycles. The lowest BCUT2D eigenvalue weighted by Crippen LogP contribution is -2.15. The van der Waals surface area contributed by atoms with Crippen LogP contribution in [-0.2, 0) is 0 Å². The Morgan fingerprint density at radius 2 is 1.84 bits per heavy atom. The molecule has 4 nitrogen and oxygen atoms in total. The molecule has 1 aromatic heterocycles. The summed E-state index contributed by atoms with van der Waals surface area (Å²) in [5, 5.41) is 0. The molecule has 0 radical (unpaired) electrons. The highest BCUT2D eigenvalue weighted by Crippen LogP contribution is 2.33. The van der Waals surface area contributed by atoms with E-state index in [9.17, 15) is 4.79 Å². The predicted molar refractivity (Wildman–Crippen MR) is 71.6 cm³/mol. The number of rotatable bonds is 2. The van der Waals surface area contributed by atoms with Gasteiger partial charge in [0.25, 0.3) is 0 Å². The van der Waals surface area contributed by atoms with Gasteiger partial charge in [-0.2, -0.15) is 0 Å². The van der Waals surface area contributed by atoms with Crippen LogP contribution in [-0.4, -0.2) is 24.1 Å². The number of nitrogens with zero attached hydrogens (tertiary/aromatic N) is 1. The Labute approximate surface area is 111 Å². The van der Waals surface area contributed by atoms with Gasteiger partial charge >= 0.3 is 0 Å². The van der Waals surface area contributed by atoms with Gasteiger partial charge < -0.3 is 14.0 Å². The third-order valence-electron chi connectivity index (χ3n) is 3.38. The van der Waals surface area contributed by atoms with E-state index in [0.29, 0.717) is 18.8 Å². The SMILES string of the molecule is Cc1cc(C=O)c(C)n1-c1ccc2c(c1)OCCO2. The van der Waals surface area contributed by atoms with Crippen LogP contribution in [0.2, 0.25) is 0 Å². The fourth-order valence-electron chi connectivity index (χ4n) is 2.48. The van der Waals surface area contributed by atoms with E-state index in [4.69, 9.17) is 9.47 Å². The molecule has 1 aliphatic heterocycles. The van der Waals surface area contributed by atoms with E-state index in [1.807, 2.05) is 42.7 Å². The average Bonchev–Trinajstić information content (AvgIpc) is 2.73. The fraction of sp³-hybridized carbons (Fsp3) is 0.267. The van der Waals surface area contributed by atoms with Gasteiger partial charge in [-0.3, -0.25) is 4.79 Å². The summed E-state index contributed by atoms with van der Waals surface area (Å²) < 4.78 is 13.1. The molecule has 0 amide bonds. The normalized spacial score (nSPS) is 13.4. The van der Waals surface area contributed by atoms with Crippen molar-refractivity contribution in [1.82, 2.24) is 4.57 Å². The minimum absolute atomic E-state index is 0.569. The fourth-order valence-corrected chi connectivity index (χ4v) is 2.48.